The molecule has 0 radical (unpaired) electrons. The fraction of sp³-hybridized carbons (Fsp3) is 0.726. The molecule has 3 aliphatic rings. The Kier molecular flexibility index (Phi) is 39.3. The van der Waals surface area contributed by atoms with Crippen molar-refractivity contribution in [3.63, 3.8) is 0 Å². The van der Waals surface area contributed by atoms with Gasteiger partial charge in [-0.05, 0) is 77.0 Å². The number of hydrogen-bond acceptors (Lipinski definition) is 18. The molecule has 3 fully saturated rings. The van der Waals surface area contributed by atoms with Crippen molar-refractivity contribution in [2.45, 2.75) is 259 Å². The number of carbonyl (C=O) groups is 1. The topological polar surface area (TPSA) is 307 Å². The van der Waals surface area contributed by atoms with Gasteiger partial charge in [0.1, 0.15) is 73.2 Å². The minimum Gasteiger partial charge on any atom is -0.394 e. The van der Waals surface area contributed by atoms with Gasteiger partial charge < -0.3 is 89.9 Å². The lowest BCUT2D eigenvalue weighted by Gasteiger charge is -2.48. The molecule has 3 heterocycles. The summed E-state index contributed by atoms with van der Waals surface area (Å²) in [7, 11) is 0. The molecular formula is C62H103NO18. The fourth-order valence-electron chi connectivity index (χ4n) is 9.46. The second kappa shape index (κ2) is 44.2. The third-order valence-electron chi connectivity index (χ3n) is 14.4. The lowest BCUT2D eigenvalue weighted by Crippen LogP contribution is -2.66. The van der Waals surface area contributed by atoms with Gasteiger partial charge in [-0.3, -0.25) is 4.79 Å². The first kappa shape index (κ1) is 72.0. The van der Waals surface area contributed by atoms with E-state index in [4.69, 9.17) is 28.4 Å². The Morgan fingerprint density at radius 2 is 0.852 bits per heavy atom. The molecule has 3 saturated heterocycles. The second-order valence-electron chi connectivity index (χ2n) is 21.1. The Balaban J connectivity index is 1.34. The number of allylic oxidation sites excluding steroid dienone is 15. The predicted octanol–water partition coefficient (Wildman–Crippen LogP) is 5.37. The van der Waals surface area contributed by atoms with Crippen LogP contribution in [0.5, 0.6) is 0 Å². The van der Waals surface area contributed by atoms with Crippen LogP contribution in [0, 0.1) is 0 Å². The molecule has 0 bridgehead atoms. The molecule has 464 valence electrons. The van der Waals surface area contributed by atoms with E-state index in [2.05, 4.69) is 104 Å². The Labute approximate surface area is 482 Å². The minimum atomic E-state index is -1.98. The highest BCUT2D eigenvalue weighted by molar-refractivity contribution is 5.76. The van der Waals surface area contributed by atoms with Crippen LogP contribution in [-0.4, -0.2) is 193 Å². The number of unbranched alkanes of at least 4 members (excludes halogenated alkanes) is 12. The molecule has 19 heteroatoms. The number of aliphatic hydroxyl groups is 11. The van der Waals surface area contributed by atoms with E-state index >= 15 is 0 Å². The van der Waals surface area contributed by atoms with Gasteiger partial charge in [-0.15, -0.1) is 0 Å². The van der Waals surface area contributed by atoms with Crippen LogP contribution in [0.3, 0.4) is 0 Å². The Morgan fingerprint density at radius 1 is 0.457 bits per heavy atom. The van der Waals surface area contributed by atoms with Crippen molar-refractivity contribution in [3.05, 3.63) is 97.2 Å². The van der Waals surface area contributed by atoms with Crippen molar-refractivity contribution in [1.82, 2.24) is 5.32 Å². The number of aliphatic hydroxyl groups excluding tert-OH is 11. The Bertz CT molecular complexity index is 1850. The smallest absolute Gasteiger partial charge is 0.220 e. The van der Waals surface area contributed by atoms with Crippen LogP contribution in [0.4, 0.5) is 0 Å². The summed E-state index contributed by atoms with van der Waals surface area (Å²) >= 11 is 0. The Hall–Kier alpha value is -3.29. The molecule has 3 rings (SSSR count). The SMILES string of the molecule is CC/C=C\C/C=C\C/C=C\C/C=C\C/C=C\C/C=C\C/C=C\CCCCCCCCCCCC(=O)NC(COC1OC(CO)C(OC2OC(CO)C(OC3OC(CO)C(O)C(O)C3O)C(O)C2O)C(O)C1O)C(O)/C=C/CCCCC. The number of carbonyl (C=O) groups excluding carboxylic acids is 1. The van der Waals surface area contributed by atoms with E-state index in [9.17, 15) is 61.0 Å². The molecule has 0 aliphatic carbocycles. The number of hydrogen-bond donors (Lipinski definition) is 12. The highest BCUT2D eigenvalue weighted by Gasteiger charge is 2.53. The van der Waals surface area contributed by atoms with E-state index < -0.39 is 124 Å². The van der Waals surface area contributed by atoms with Crippen LogP contribution in [0.1, 0.15) is 155 Å². The van der Waals surface area contributed by atoms with E-state index in [1.165, 1.54) is 25.7 Å². The molecule has 0 spiro atoms. The molecule has 17 atom stereocenters. The summed E-state index contributed by atoms with van der Waals surface area (Å²) in [6.45, 7) is 1.44. The van der Waals surface area contributed by atoms with Gasteiger partial charge in [0.2, 0.25) is 5.91 Å². The van der Waals surface area contributed by atoms with Crippen molar-refractivity contribution in [3.8, 4) is 0 Å². The third kappa shape index (κ3) is 28.0. The van der Waals surface area contributed by atoms with Gasteiger partial charge in [0.05, 0.1) is 38.6 Å². The zero-order valence-electron chi connectivity index (χ0n) is 48.2. The number of nitrogens with one attached hydrogen (secondary N) is 1. The summed E-state index contributed by atoms with van der Waals surface area (Å²) in [6.07, 6.45) is 29.0. The maximum absolute atomic E-state index is 13.2. The van der Waals surface area contributed by atoms with Crippen molar-refractivity contribution in [2.24, 2.45) is 0 Å². The first-order chi connectivity index (χ1) is 39.3. The van der Waals surface area contributed by atoms with Crippen LogP contribution in [-0.2, 0) is 33.2 Å². The zero-order chi connectivity index (χ0) is 59.0. The van der Waals surface area contributed by atoms with E-state index in [0.717, 1.165) is 96.3 Å². The molecule has 0 saturated carbocycles. The average Bonchev–Trinajstić information content (AvgIpc) is 3.48. The van der Waals surface area contributed by atoms with Crippen LogP contribution in [0.25, 0.3) is 0 Å². The van der Waals surface area contributed by atoms with E-state index in [0.29, 0.717) is 12.8 Å². The van der Waals surface area contributed by atoms with Gasteiger partial charge in [-0.25, -0.2) is 0 Å². The van der Waals surface area contributed by atoms with Crippen LogP contribution < -0.4 is 5.32 Å². The number of amides is 1. The number of ether oxygens (including phenoxy) is 6. The Morgan fingerprint density at radius 3 is 1.33 bits per heavy atom. The monoisotopic (exact) mass is 1150 g/mol. The van der Waals surface area contributed by atoms with Gasteiger partial charge in [-0.1, -0.05) is 169 Å². The first-order valence-corrected chi connectivity index (χ1v) is 30.0. The molecule has 17 unspecified atom stereocenters. The summed E-state index contributed by atoms with van der Waals surface area (Å²) in [6, 6.07) is -0.978. The maximum atomic E-state index is 13.2. The normalized spacial score (nSPS) is 30.5. The van der Waals surface area contributed by atoms with E-state index in [-0.39, 0.29) is 18.9 Å². The van der Waals surface area contributed by atoms with Crippen molar-refractivity contribution >= 4 is 5.91 Å². The summed E-state index contributed by atoms with van der Waals surface area (Å²) in [4.78, 5) is 13.2. The lowest BCUT2D eigenvalue weighted by atomic mass is 9.96. The van der Waals surface area contributed by atoms with Gasteiger partial charge in [-0.2, -0.15) is 0 Å². The highest BCUT2D eigenvalue weighted by atomic mass is 16.8. The maximum Gasteiger partial charge on any atom is 0.220 e. The van der Waals surface area contributed by atoms with Crippen LogP contribution >= 0.6 is 0 Å². The highest BCUT2D eigenvalue weighted by Crippen LogP contribution is 2.33. The average molecular weight is 1150 g/mol. The van der Waals surface area contributed by atoms with Crippen LogP contribution in [0.15, 0.2) is 97.2 Å². The summed E-state index contributed by atoms with van der Waals surface area (Å²) < 4.78 is 34.0. The molecule has 1 amide bonds. The van der Waals surface area contributed by atoms with Crippen molar-refractivity contribution in [1.29, 1.82) is 0 Å². The van der Waals surface area contributed by atoms with Crippen LogP contribution in [0.2, 0.25) is 0 Å². The number of rotatable bonds is 42. The molecule has 0 aromatic rings. The minimum absolute atomic E-state index is 0.228. The van der Waals surface area contributed by atoms with Gasteiger partial charge in [0.25, 0.3) is 0 Å². The van der Waals surface area contributed by atoms with Crippen molar-refractivity contribution in [2.75, 3.05) is 26.4 Å². The fourth-order valence-corrected chi connectivity index (χ4v) is 9.46. The van der Waals surface area contributed by atoms with E-state index in [1.54, 1.807) is 6.08 Å². The standard InChI is InChI=1S/C62H103NO18/c1-3-5-7-9-10-11-12-13-14-15-16-17-18-19-20-21-22-23-24-25-26-27-28-29-30-31-32-33-34-36-38-40-50(68)63-45(46(67)39-37-35-8-6-4-2)44-76-60-56(74)53(71)58(48(42-65)78-60)81-62-57(75)54(72)59(49(43-66)79-62)80-61-55(73)52(70)51(69)47(41-64)77-61/h5,7,10-11,13-14,16-17,19-20,22-23,25-26,37,39,45-49,51-62,64-67,69-75H,3-4,6,8-9,12,15,18,21,24,27-36,38,40-44H2,1-2H3,(H,63,68)/b7-5-,11-10-,14-13-,17-16-,20-19-,23-22-,26-25-,39-37+. The van der Waals surface area contributed by atoms with E-state index in [1.807, 2.05) is 6.08 Å². The quantitative estimate of drug-likeness (QED) is 0.0270. The second-order valence-corrected chi connectivity index (χ2v) is 21.1. The van der Waals surface area contributed by atoms with Crippen molar-refractivity contribution < 1.29 is 89.4 Å². The van der Waals surface area contributed by atoms with Gasteiger partial charge in [0, 0.05) is 6.42 Å². The zero-order valence-corrected chi connectivity index (χ0v) is 48.2. The first-order valence-electron chi connectivity index (χ1n) is 30.0. The van der Waals surface area contributed by atoms with Gasteiger partial charge >= 0.3 is 0 Å². The summed E-state index contributed by atoms with van der Waals surface area (Å²) in [5.74, 6) is -0.296. The summed E-state index contributed by atoms with van der Waals surface area (Å²) in [5.41, 5.74) is 0. The molecule has 81 heavy (non-hydrogen) atoms. The molecular weight excluding hydrogens is 1050 g/mol. The molecule has 19 nitrogen and oxygen atoms in total. The molecule has 12 N–H and O–H groups in total. The lowest BCUT2D eigenvalue weighted by molar-refractivity contribution is -0.379. The molecule has 3 aliphatic heterocycles. The third-order valence-corrected chi connectivity index (χ3v) is 14.4. The summed E-state index contributed by atoms with van der Waals surface area (Å²) in [5, 5.41) is 119. The largest absolute Gasteiger partial charge is 0.394 e. The molecule has 0 aromatic carbocycles. The predicted molar refractivity (Wildman–Crippen MR) is 309 cm³/mol. The van der Waals surface area contributed by atoms with Gasteiger partial charge in [0.15, 0.2) is 18.9 Å². The molecule has 0 aromatic heterocycles.